The lowest BCUT2D eigenvalue weighted by Crippen LogP contribution is -2.33. The Hall–Kier alpha value is -4.07. The molecule has 0 saturated carbocycles. The van der Waals surface area contributed by atoms with Gasteiger partial charge < -0.3 is 18.9 Å². The van der Waals surface area contributed by atoms with Crippen LogP contribution >= 0.6 is 0 Å². The summed E-state index contributed by atoms with van der Waals surface area (Å²) >= 11 is 0. The summed E-state index contributed by atoms with van der Waals surface area (Å²) in [5, 5.41) is 5.90. The van der Waals surface area contributed by atoms with Gasteiger partial charge in [0.2, 0.25) is 0 Å². The second-order valence-corrected chi connectivity index (χ2v) is 9.86. The Morgan fingerprint density at radius 1 is 1.03 bits per heavy atom. The first-order chi connectivity index (χ1) is 17.0. The predicted octanol–water partition coefficient (Wildman–Crippen LogP) is 5.17. The highest BCUT2D eigenvalue weighted by Gasteiger charge is 2.20. The number of benzene rings is 2. The number of methoxy groups -OCH3 is 1. The Morgan fingerprint density at radius 2 is 1.72 bits per heavy atom. The van der Waals surface area contributed by atoms with E-state index in [0.717, 1.165) is 33.8 Å². The van der Waals surface area contributed by atoms with Crippen molar-refractivity contribution in [3.8, 4) is 17.1 Å². The number of hydrogen-bond acceptors (Lipinski definition) is 5. The average Bonchev–Trinajstić information content (AvgIpc) is 3.09. The number of fused-ring (bicyclic) bond motifs is 1. The number of nitrogens with zero attached hydrogens (tertiary/aromatic N) is 4. The van der Waals surface area contributed by atoms with Crippen LogP contribution in [0.25, 0.3) is 22.1 Å². The lowest BCUT2D eigenvalue weighted by molar-refractivity contribution is 0.0285. The van der Waals surface area contributed by atoms with Crippen LogP contribution in [-0.2, 0) is 11.3 Å². The Kier molecular flexibility index (Phi) is 6.63. The first-order valence-electron chi connectivity index (χ1n) is 11.8. The second kappa shape index (κ2) is 9.53. The van der Waals surface area contributed by atoms with Crippen LogP contribution in [0.5, 0.6) is 5.75 Å². The summed E-state index contributed by atoms with van der Waals surface area (Å²) < 4.78 is 14.3. The molecule has 0 radical (unpaired) electrons. The molecular weight excluding hydrogens is 456 g/mol. The molecule has 0 spiro atoms. The fourth-order valence-electron chi connectivity index (χ4n) is 4.30. The van der Waals surface area contributed by atoms with E-state index < -0.39 is 5.60 Å². The van der Waals surface area contributed by atoms with Gasteiger partial charge >= 0.3 is 6.09 Å². The molecule has 4 aromatic rings. The van der Waals surface area contributed by atoms with Crippen LogP contribution in [0.2, 0.25) is 0 Å². The zero-order valence-corrected chi connectivity index (χ0v) is 21.8. The van der Waals surface area contributed by atoms with Gasteiger partial charge in [-0.2, -0.15) is 9.78 Å². The Labute approximate surface area is 210 Å². The molecule has 0 aliphatic heterocycles. The molecule has 8 nitrogen and oxygen atoms in total. The summed E-state index contributed by atoms with van der Waals surface area (Å²) in [6.45, 7) is 9.82. The minimum atomic E-state index is -0.553. The molecule has 1 amide bonds. The topological polar surface area (TPSA) is 78.6 Å². The average molecular weight is 489 g/mol. The number of aromatic nitrogens is 3. The highest BCUT2D eigenvalue weighted by Crippen LogP contribution is 2.28. The predicted molar refractivity (Wildman–Crippen MR) is 140 cm³/mol. The molecule has 8 heteroatoms. The van der Waals surface area contributed by atoms with Gasteiger partial charge in [-0.05, 0) is 64.4 Å². The first kappa shape index (κ1) is 25.0. The van der Waals surface area contributed by atoms with Crippen LogP contribution in [0.3, 0.4) is 0 Å². The summed E-state index contributed by atoms with van der Waals surface area (Å²) in [6, 6.07) is 15.2. The smallest absolute Gasteiger partial charge is 0.410 e. The van der Waals surface area contributed by atoms with E-state index in [0.29, 0.717) is 17.6 Å². The first-order valence-corrected chi connectivity index (χ1v) is 11.8. The molecule has 2 aromatic carbocycles. The van der Waals surface area contributed by atoms with Crippen molar-refractivity contribution in [3.63, 3.8) is 0 Å². The van der Waals surface area contributed by atoms with Crippen molar-refractivity contribution in [2.45, 2.75) is 46.8 Å². The van der Waals surface area contributed by atoms with Crippen molar-refractivity contribution >= 4 is 16.9 Å². The van der Waals surface area contributed by atoms with Crippen LogP contribution < -0.4 is 10.3 Å². The third-order valence-corrected chi connectivity index (χ3v) is 6.02. The van der Waals surface area contributed by atoms with Crippen LogP contribution in [0.1, 0.15) is 37.7 Å². The minimum absolute atomic E-state index is 0.187. The maximum absolute atomic E-state index is 13.5. The highest BCUT2D eigenvalue weighted by molar-refractivity contribution is 5.88. The number of hydrogen-bond donors (Lipinski definition) is 0. The fourth-order valence-corrected chi connectivity index (χ4v) is 4.30. The van der Waals surface area contributed by atoms with E-state index in [9.17, 15) is 9.59 Å². The van der Waals surface area contributed by atoms with Gasteiger partial charge in [0.1, 0.15) is 11.4 Å². The Bertz CT molecular complexity index is 1480. The monoisotopic (exact) mass is 488 g/mol. The standard InChI is InChI=1S/C28H32N4O4/c1-18-24-16-29-32(21-13-11-20(12-14-21)17-30(6)27(34)36-28(3,4)5)26(33)25(24)19(2)31(18)22-9-8-10-23(15-22)35-7/h8-16H,17H2,1-7H3. The van der Waals surface area contributed by atoms with Crippen LogP contribution in [0.15, 0.2) is 59.5 Å². The number of carbonyl (C=O) groups is 1. The van der Waals surface area contributed by atoms with E-state index in [2.05, 4.69) is 9.67 Å². The molecule has 0 bridgehead atoms. The number of rotatable bonds is 5. The van der Waals surface area contributed by atoms with E-state index in [4.69, 9.17) is 9.47 Å². The molecule has 0 unspecified atom stereocenters. The lowest BCUT2D eigenvalue weighted by atomic mass is 10.2. The third kappa shape index (κ3) is 4.84. The molecule has 2 heterocycles. The molecule has 0 aliphatic carbocycles. The number of ether oxygens (including phenoxy) is 2. The van der Waals surface area contributed by atoms with Crippen molar-refractivity contribution in [1.82, 2.24) is 19.2 Å². The molecule has 0 aliphatic rings. The quantitative estimate of drug-likeness (QED) is 0.387. The van der Waals surface area contributed by atoms with Gasteiger partial charge in [-0.25, -0.2) is 4.79 Å². The molecular formula is C28H32N4O4. The normalized spacial score (nSPS) is 11.5. The zero-order chi connectivity index (χ0) is 26.2. The molecule has 0 saturated heterocycles. The fraction of sp³-hybridized carbons (Fsp3) is 0.321. The molecule has 188 valence electrons. The summed E-state index contributed by atoms with van der Waals surface area (Å²) in [7, 11) is 3.33. The third-order valence-electron chi connectivity index (χ3n) is 6.02. The van der Waals surface area contributed by atoms with Crippen molar-refractivity contribution in [2.24, 2.45) is 0 Å². The van der Waals surface area contributed by atoms with Gasteiger partial charge in [0.25, 0.3) is 5.56 Å². The summed E-state index contributed by atoms with van der Waals surface area (Å²) in [6.07, 6.45) is 1.35. The van der Waals surface area contributed by atoms with E-state index in [1.807, 2.05) is 83.1 Å². The van der Waals surface area contributed by atoms with E-state index in [1.165, 1.54) is 9.58 Å². The van der Waals surface area contributed by atoms with Crippen LogP contribution in [0.4, 0.5) is 4.79 Å². The largest absolute Gasteiger partial charge is 0.497 e. The van der Waals surface area contributed by atoms with Crippen molar-refractivity contribution in [3.05, 3.63) is 82.0 Å². The maximum atomic E-state index is 13.5. The van der Waals surface area contributed by atoms with Gasteiger partial charge in [-0.15, -0.1) is 0 Å². The molecule has 2 aromatic heterocycles. The van der Waals surface area contributed by atoms with E-state index in [1.54, 1.807) is 20.4 Å². The van der Waals surface area contributed by atoms with Crippen molar-refractivity contribution < 1.29 is 14.3 Å². The van der Waals surface area contributed by atoms with E-state index >= 15 is 0 Å². The van der Waals surface area contributed by atoms with E-state index in [-0.39, 0.29) is 11.7 Å². The zero-order valence-electron chi connectivity index (χ0n) is 21.8. The Morgan fingerprint density at radius 3 is 2.36 bits per heavy atom. The number of aryl methyl sites for hydroxylation is 2. The van der Waals surface area contributed by atoms with Gasteiger partial charge in [-0.3, -0.25) is 4.79 Å². The molecule has 0 N–H and O–H groups in total. The lowest BCUT2D eigenvalue weighted by Gasteiger charge is -2.24. The van der Waals surface area contributed by atoms with Crippen molar-refractivity contribution in [2.75, 3.05) is 14.2 Å². The molecule has 0 atom stereocenters. The summed E-state index contributed by atoms with van der Waals surface area (Å²) in [5.41, 5.74) is 3.52. The Balaban J connectivity index is 1.66. The van der Waals surface area contributed by atoms with Crippen LogP contribution in [0, 0.1) is 13.8 Å². The van der Waals surface area contributed by atoms with Crippen LogP contribution in [-0.4, -0.2) is 45.1 Å². The summed E-state index contributed by atoms with van der Waals surface area (Å²) in [5.74, 6) is 0.747. The number of amides is 1. The second-order valence-electron chi connectivity index (χ2n) is 9.86. The van der Waals surface area contributed by atoms with Gasteiger partial charge in [0.05, 0.1) is 24.4 Å². The maximum Gasteiger partial charge on any atom is 0.410 e. The SMILES string of the molecule is COc1cccc(-n2c(C)c3cnn(-c4ccc(CN(C)C(=O)OC(C)(C)C)cc4)c(=O)c3c2C)c1. The van der Waals surface area contributed by atoms with Crippen molar-refractivity contribution in [1.29, 1.82) is 0 Å². The van der Waals surface area contributed by atoms with Gasteiger partial charge in [0, 0.05) is 42.1 Å². The summed E-state index contributed by atoms with van der Waals surface area (Å²) in [4.78, 5) is 27.3. The molecule has 0 fully saturated rings. The highest BCUT2D eigenvalue weighted by atomic mass is 16.6. The van der Waals surface area contributed by atoms with Gasteiger partial charge in [0.15, 0.2) is 0 Å². The number of carbonyl (C=O) groups excluding carboxylic acids is 1. The molecule has 36 heavy (non-hydrogen) atoms. The van der Waals surface area contributed by atoms with Gasteiger partial charge in [-0.1, -0.05) is 18.2 Å². The minimum Gasteiger partial charge on any atom is -0.497 e. The molecule has 4 rings (SSSR count).